The summed E-state index contributed by atoms with van der Waals surface area (Å²) in [5, 5.41) is 2.79. The van der Waals surface area contributed by atoms with E-state index in [1.807, 2.05) is 19.1 Å². The number of amides is 2. The summed E-state index contributed by atoms with van der Waals surface area (Å²) in [6.45, 7) is 2.76. The average Bonchev–Trinajstić information content (AvgIpc) is 2.64. The Morgan fingerprint density at radius 1 is 1.04 bits per heavy atom. The van der Waals surface area contributed by atoms with Crippen LogP contribution in [0.4, 0.5) is 11.4 Å². The van der Waals surface area contributed by atoms with Gasteiger partial charge in [-0.1, -0.05) is 6.07 Å². The molecule has 7 nitrogen and oxygen atoms in total. The van der Waals surface area contributed by atoms with Crippen LogP contribution in [0.2, 0.25) is 0 Å². The lowest BCUT2D eigenvalue weighted by molar-refractivity contribution is -0.123. The van der Waals surface area contributed by atoms with E-state index in [0.717, 1.165) is 5.56 Å². The molecule has 0 bridgehead atoms. The van der Waals surface area contributed by atoms with E-state index in [0.29, 0.717) is 41.8 Å². The minimum Gasteiger partial charge on any atom is -0.486 e. The van der Waals surface area contributed by atoms with Crippen molar-refractivity contribution in [1.82, 2.24) is 0 Å². The van der Waals surface area contributed by atoms with Crippen molar-refractivity contribution in [3.63, 3.8) is 0 Å². The van der Waals surface area contributed by atoms with Crippen LogP contribution in [0.3, 0.4) is 0 Å². The van der Waals surface area contributed by atoms with Crippen molar-refractivity contribution in [2.45, 2.75) is 6.92 Å². The van der Waals surface area contributed by atoms with Crippen LogP contribution in [-0.4, -0.2) is 38.2 Å². The molecule has 0 unspecified atom stereocenters. The molecule has 1 N–H and O–H groups in total. The lowest BCUT2D eigenvalue weighted by atomic mass is 10.1. The summed E-state index contributed by atoms with van der Waals surface area (Å²) in [7, 11) is 0. The fourth-order valence-electron chi connectivity index (χ4n) is 2.95. The van der Waals surface area contributed by atoms with E-state index >= 15 is 0 Å². The van der Waals surface area contributed by atoms with E-state index in [-0.39, 0.29) is 25.0 Å². The highest BCUT2D eigenvalue weighted by Crippen LogP contribution is 2.34. The molecule has 26 heavy (non-hydrogen) atoms. The molecule has 2 heterocycles. The van der Waals surface area contributed by atoms with E-state index in [2.05, 4.69) is 5.32 Å². The van der Waals surface area contributed by atoms with Gasteiger partial charge in [0.05, 0.1) is 5.69 Å². The van der Waals surface area contributed by atoms with Gasteiger partial charge in [0.2, 0.25) is 5.91 Å². The minimum absolute atomic E-state index is 0.0756. The van der Waals surface area contributed by atoms with E-state index in [1.165, 1.54) is 4.90 Å². The normalized spacial score (nSPS) is 15.1. The number of rotatable bonds is 3. The number of aryl methyl sites for hydroxylation is 1. The second kappa shape index (κ2) is 6.59. The van der Waals surface area contributed by atoms with Crippen LogP contribution in [-0.2, 0) is 9.59 Å². The number of fused-ring (bicyclic) bond motifs is 2. The summed E-state index contributed by atoms with van der Waals surface area (Å²) in [6, 6.07) is 10.7. The molecular weight excluding hydrogens is 336 g/mol. The highest BCUT2D eigenvalue weighted by molar-refractivity contribution is 6.05. The van der Waals surface area contributed by atoms with Crippen molar-refractivity contribution < 1.29 is 23.8 Å². The number of benzene rings is 2. The van der Waals surface area contributed by atoms with Crippen molar-refractivity contribution >= 4 is 23.2 Å². The van der Waals surface area contributed by atoms with Gasteiger partial charge >= 0.3 is 0 Å². The molecule has 2 aliphatic rings. The third-order valence-corrected chi connectivity index (χ3v) is 4.19. The van der Waals surface area contributed by atoms with Gasteiger partial charge in [-0.2, -0.15) is 0 Å². The Kier molecular flexibility index (Phi) is 4.12. The van der Waals surface area contributed by atoms with Crippen LogP contribution in [0.5, 0.6) is 17.2 Å². The summed E-state index contributed by atoms with van der Waals surface area (Å²) < 4.78 is 16.4. The lowest BCUT2D eigenvalue weighted by Crippen LogP contribution is -2.43. The van der Waals surface area contributed by atoms with Gasteiger partial charge in [-0.3, -0.25) is 14.5 Å². The fourth-order valence-corrected chi connectivity index (χ4v) is 2.95. The molecule has 2 aromatic carbocycles. The molecule has 2 aliphatic heterocycles. The average molecular weight is 354 g/mol. The number of nitrogens with one attached hydrogen (secondary N) is 1. The first-order chi connectivity index (χ1) is 12.6. The van der Waals surface area contributed by atoms with E-state index in [4.69, 9.17) is 14.2 Å². The Morgan fingerprint density at radius 2 is 1.85 bits per heavy atom. The molecular formula is C19H18N2O5. The summed E-state index contributed by atoms with van der Waals surface area (Å²) >= 11 is 0. The fraction of sp³-hybridized carbons (Fsp3) is 0.263. The van der Waals surface area contributed by atoms with E-state index < -0.39 is 0 Å². The van der Waals surface area contributed by atoms with Gasteiger partial charge in [-0.05, 0) is 36.8 Å². The van der Waals surface area contributed by atoms with Gasteiger partial charge in [-0.25, -0.2) is 0 Å². The number of carbonyl (C=O) groups is 2. The first-order valence-electron chi connectivity index (χ1n) is 8.33. The second-order valence-corrected chi connectivity index (χ2v) is 6.15. The van der Waals surface area contributed by atoms with Crippen LogP contribution in [0, 0.1) is 6.92 Å². The quantitative estimate of drug-likeness (QED) is 0.914. The Hall–Kier alpha value is -3.22. The number of ether oxygens (including phenoxy) is 3. The minimum atomic E-state index is -0.302. The van der Waals surface area contributed by atoms with Gasteiger partial charge in [0, 0.05) is 11.8 Å². The predicted molar refractivity (Wildman–Crippen MR) is 95.1 cm³/mol. The first-order valence-corrected chi connectivity index (χ1v) is 8.33. The molecule has 0 radical (unpaired) electrons. The lowest BCUT2D eigenvalue weighted by Gasteiger charge is -2.29. The smallest absolute Gasteiger partial charge is 0.265 e. The molecule has 2 amide bonds. The number of carbonyl (C=O) groups excluding carboxylic acids is 2. The Bertz CT molecular complexity index is 880. The van der Waals surface area contributed by atoms with Crippen molar-refractivity contribution in [1.29, 1.82) is 0 Å². The number of hydrogen-bond acceptors (Lipinski definition) is 5. The van der Waals surface area contributed by atoms with Crippen LogP contribution in [0.25, 0.3) is 0 Å². The van der Waals surface area contributed by atoms with Crippen LogP contribution in [0.1, 0.15) is 5.56 Å². The number of hydrogen-bond donors (Lipinski definition) is 1. The van der Waals surface area contributed by atoms with Gasteiger partial charge in [-0.15, -0.1) is 0 Å². The predicted octanol–water partition coefficient (Wildman–Crippen LogP) is 2.13. The van der Waals surface area contributed by atoms with E-state index in [1.54, 1.807) is 24.3 Å². The van der Waals surface area contributed by atoms with Crippen molar-refractivity contribution in [3.05, 3.63) is 42.0 Å². The van der Waals surface area contributed by atoms with Crippen LogP contribution >= 0.6 is 0 Å². The van der Waals surface area contributed by atoms with Gasteiger partial charge in [0.15, 0.2) is 18.1 Å². The maximum atomic E-state index is 12.5. The largest absolute Gasteiger partial charge is 0.486 e. The highest BCUT2D eigenvalue weighted by Gasteiger charge is 2.27. The molecule has 134 valence electrons. The zero-order chi connectivity index (χ0) is 18.1. The molecule has 0 saturated carbocycles. The molecule has 0 atom stereocenters. The third kappa shape index (κ3) is 3.15. The van der Waals surface area contributed by atoms with Crippen molar-refractivity contribution in [2.75, 3.05) is 36.6 Å². The summed E-state index contributed by atoms with van der Waals surface area (Å²) in [5.41, 5.74) is 2.21. The van der Waals surface area contributed by atoms with Crippen LogP contribution in [0.15, 0.2) is 36.4 Å². The Balaban J connectivity index is 1.49. The Labute approximate surface area is 150 Å². The number of anilines is 2. The van der Waals surface area contributed by atoms with Gasteiger partial charge in [0.1, 0.15) is 25.5 Å². The second-order valence-electron chi connectivity index (χ2n) is 6.15. The van der Waals surface area contributed by atoms with Crippen LogP contribution < -0.4 is 24.4 Å². The number of nitrogens with zero attached hydrogens (tertiary/aromatic N) is 1. The molecule has 0 aromatic heterocycles. The molecule has 0 aliphatic carbocycles. The zero-order valence-corrected chi connectivity index (χ0v) is 14.3. The SMILES string of the molecule is Cc1ccc2c(c1)OCC(=O)N2CC(=O)Nc1ccc2c(c1)OCCO2. The maximum Gasteiger partial charge on any atom is 0.265 e. The summed E-state index contributed by atoms with van der Waals surface area (Å²) in [4.78, 5) is 26.1. The molecule has 2 aromatic rings. The molecule has 7 heteroatoms. The topological polar surface area (TPSA) is 77.1 Å². The van der Waals surface area contributed by atoms with Crippen molar-refractivity contribution in [2.24, 2.45) is 0 Å². The standard InChI is InChI=1S/C19H18N2O5/c1-12-2-4-14-16(8-12)26-11-19(23)21(14)10-18(22)20-13-3-5-15-17(9-13)25-7-6-24-15/h2-5,8-9H,6-7,10-11H2,1H3,(H,20,22). The molecule has 0 fully saturated rings. The third-order valence-electron chi connectivity index (χ3n) is 4.19. The molecule has 0 saturated heterocycles. The maximum absolute atomic E-state index is 12.5. The zero-order valence-electron chi connectivity index (χ0n) is 14.3. The molecule has 4 rings (SSSR count). The van der Waals surface area contributed by atoms with Gasteiger partial charge in [0.25, 0.3) is 5.91 Å². The summed E-state index contributed by atoms with van der Waals surface area (Å²) in [6.07, 6.45) is 0. The first kappa shape index (κ1) is 16.3. The molecule has 0 spiro atoms. The monoisotopic (exact) mass is 354 g/mol. The van der Waals surface area contributed by atoms with Crippen molar-refractivity contribution in [3.8, 4) is 17.2 Å². The van der Waals surface area contributed by atoms with E-state index in [9.17, 15) is 9.59 Å². The Morgan fingerprint density at radius 3 is 2.69 bits per heavy atom. The van der Waals surface area contributed by atoms with Gasteiger partial charge < -0.3 is 19.5 Å². The summed E-state index contributed by atoms with van der Waals surface area (Å²) in [5.74, 6) is 1.30. The highest BCUT2D eigenvalue weighted by atomic mass is 16.6.